The monoisotopic (exact) mass is 312 g/mol. The Hall–Kier alpha value is -0.540. The van der Waals surface area contributed by atoms with Crippen LogP contribution in [-0.2, 0) is 6.42 Å². The minimum atomic E-state index is 0.213. The summed E-state index contributed by atoms with van der Waals surface area (Å²) >= 11 is 3.69. The number of nitrogens with two attached hydrogens (primary N) is 1. The second kappa shape index (κ2) is 7.80. The van der Waals surface area contributed by atoms with Gasteiger partial charge in [-0.3, -0.25) is 0 Å². The average molecular weight is 313 g/mol. The summed E-state index contributed by atoms with van der Waals surface area (Å²) in [6.07, 6.45) is 3.40. The molecule has 0 heterocycles. The van der Waals surface area contributed by atoms with Crippen molar-refractivity contribution in [3.05, 3.63) is 28.2 Å². The normalized spacial score (nSPS) is 12.5. The average Bonchev–Trinajstić information content (AvgIpc) is 2.31. The van der Waals surface area contributed by atoms with E-state index in [1.54, 1.807) is 0 Å². The molecule has 0 fully saturated rings. The third kappa shape index (κ3) is 4.62. The highest BCUT2D eigenvalue weighted by Crippen LogP contribution is 2.28. The molecule has 0 spiro atoms. The minimum absolute atomic E-state index is 0.213. The molecule has 102 valence electrons. The Morgan fingerprint density at radius 1 is 1.33 bits per heavy atom. The molecule has 18 heavy (non-hydrogen) atoms. The molecule has 1 rings (SSSR count). The SMILES string of the molecule is CCCCN(CC)c1ccc(CC(C)N)cc1Br. The zero-order valence-electron chi connectivity index (χ0n) is 11.7. The molecule has 0 bridgehead atoms. The molecule has 2 N–H and O–H groups in total. The number of rotatable bonds is 7. The van der Waals surface area contributed by atoms with Crippen LogP contribution in [0.25, 0.3) is 0 Å². The maximum atomic E-state index is 5.84. The van der Waals surface area contributed by atoms with Crippen LogP contribution in [-0.4, -0.2) is 19.1 Å². The molecule has 0 aliphatic heterocycles. The van der Waals surface area contributed by atoms with Crippen LogP contribution in [0.2, 0.25) is 0 Å². The summed E-state index contributed by atoms with van der Waals surface area (Å²) in [7, 11) is 0. The molecular formula is C15H25BrN2. The van der Waals surface area contributed by atoms with E-state index in [4.69, 9.17) is 5.73 Å². The molecule has 0 saturated carbocycles. The number of hydrogen-bond acceptors (Lipinski definition) is 2. The third-order valence-corrected chi connectivity index (χ3v) is 3.71. The zero-order valence-corrected chi connectivity index (χ0v) is 13.3. The summed E-state index contributed by atoms with van der Waals surface area (Å²) in [6.45, 7) is 8.65. The van der Waals surface area contributed by atoms with Crippen LogP contribution in [0.4, 0.5) is 5.69 Å². The molecule has 0 aliphatic rings. The molecule has 3 heteroatoms. The summed E-state index contributed by atoms with van der Waals surface area (Å²) in [6, 6.07) is 6.82. The first-order chi connectivity index (χ1) is 8.58. The smallest absolute Gasteiger partial charge is 0.0510 e. The van der Waals surface area contributed by atoms with Gasteiger partial charge in [-0.1, -0.05) is 19.4 Å². The highest BCUT2D eigenvalue weighted by atomic mass is 79.9. The number of unbranched alkanes of at least 4 members (excludes halogenated alkanes) is 1. The molecule has 0 aromatic heterocycles. The molecule has 1 atom stereocenters. The van der Waals surface area contributed by atoms with Crippen molar-refractivity contribution in [1.82, 2.24) is 0 Å². The van der Waals surface area contributed by atoms with Gasteiger partial charge in [0.2, 0.25) is 0 Å². The fraction of sp³-hybridized carbons (Fsp3) is 0.600. The van der Waals surface area contributed by atoms with Crippen molar-refractivity contribution in [2.75, 3.05) is 18.0 Å². The molecule has 0 saturated heterocycles. The van der Waals surface area contributed by atoms with Crippen molar-refractivity contribution in [2.24, 2.45) is 5.73 Å². The second-order valence-electron chi connectivity index (χ2n) is 4.90. The summed E-state index contributed by atoms with van der Waals surface area (Å²) in [5.41, 5.74) is 8.43. The van der Waals surface area contributed by atoms with Crippen LogP contribution in [0, 0.1) is 0 Å². The molecule has 1 aromatic rings. The van der Waals surface area contributed by atoms with E-state index in [-0.39, 0.29) is 6.04 Å². The van der Waals surface area contributed by atoms with Crippen molar-refractivity contribution in [2.45, 2.75) is 46.1 Å². The summed E-state index contributed by atoms with van der Waals surface area (Å²) in [5.74, 6) is 0. The van der Waals surface area contributed by atoms with Gasteiger partial charge >= 0.3 is 0 Å². The van der Waals surface area contributed by atoms with E-state index >= 15 is 0 Å². The zero-order chi connectivity index (χ0) is 13.5. The lowest BCUT2D eigenvalue weighted by molar-refractivity contribution is 0.727. The first kappa shape index (κ1) is 15.5. The Kier molecular flexibility index (Phi) is 6.72. The number of hydrogen-bond donors (Lipinski definition) is 1. The number of benzene rings is 1. The van der Waals surface area contributed by atoms with E-state index in [0.29, 0.717) is 0 Å². The van der Waals surface area contributed by atoms with Gasteiger partial charge in [-0.15, -0.1) is 0 Å². The fourth-order valence-corrected chi connectivity index (χ4v) is 2.78. The largest absolute Gasteiger partial charge is 0.371 e. The summed E-state index contributed by atoms with van der Waals surface area (Å²) in [5, 5.41) is 0. The van der Waals surface area contributed by atoms with Crippen molar-refractivity contribution in [1.29, 1.82) is 0 Å². The predicted octanol–water partition coefficient (Wildman–Crippen LogP) is 3.97. The number of halogens is 1. The van der Waals surface area contributed by atoms with Gasteiger partial charge in [-0.25, -0.2) is 0 Å². The first-order valence-electron chi connectivity index (χ1n) is 6.87. The molecule has 2 nitrogen and oxygen atoms in total. The Bertz CT molecular complexity index is 364. The molecule has 1 unspecified atom stereocenters. The van der Waals surface area contributed by atoms with E-state index in [1.807, 2.05) is 6.92 Å². The van der Waals surface area contributed by atoms with Crippen LogP contribution in [0.5, 0.6) is 0 Å². The Morgan fingerprint density at radius 3 is 2.56 bits per heavy atom. The van der Waals surface area contributed by atoms with E-state index in [1.165, 1.54) is 28.6 Å². The maximum absolute atomic E-state index is 5.84. The van der Waals surface area contributed by atoms with E-state index < -0.39 is 0 Å². The quantitative estimate of drug-likeness (QED) is 0.825. The lowest BCUT2D eigenvalue weighted by atomic mass is 10.1. The minimum Gasteiger partial charge on any atom is -0.371 e. The van der Waals surface area contributed by atoms with Gasteiger partial charge in [-0.05, 0) is 60.3 Å². The molecule has 0 amide bonds. The topological polar surface area (TPSA) is 29.3 Å². The van der Waals surface area contributed by atoms with E-state index in [0.717, 1.165) is 19.5 Å². The van der Waals surface area contributed by atoms with Crippen LogP contribution in [0.15, 0.2) is 22.7 Å². The van der Waals surface area contributed by atoms with E-state index in [2.05, 4.69) is 52.9 Å². The highest BCUT2D eigenvalue weighted by molar-refractivity contribution is 9.10. The lowest BCUT2D eigenvalue weighted by Crippen LogP contribution is -2.24. The van der Waals surface area contributed by atoms with Crippen molar-refractivity contribution < 1.29 is 0 Å². The lowest BCUT2D eigenvalue weighted by Gasteiger charge is -2.24. The van der Waals surface area contributed by atoms with Crippen LogP contribution in [0.3, 0.4) is 0 Å². The molecule has 0 radical (unpaired) electrons. The van der Waals surface area contributed by atoms with Gasteiger partial charge in [0.05, 0.1) is 5.69 Å². The third-order valence-electron chi connectivity index (χ3n) is 3.07. The number of anilines is 1. The predicted molar refractivity (Wildman–Crippen MR) is 84.3 cm³/mol. The summed E-state index contributed by atoms with van der Waals surface area (Å²) < 4.78 is 1.18. The van der Waals surface area contributed by atoms with Gasteiger partial charge in [0.1, 0.15) is 0 Å². The standard InChI is InChI=1S/C15H25BrN2/c1-4-6-9-18(5-2)15-8-7-13(10-12(3)17)11-14(15)16/h7-8,11-12H,4-6,9-10,17H2,1-3H3. The fourth-order valence-electron chi connectivity index (χ4n) is 2.10. The Balaban J connectivity index is 2.82. The first-order valence-corrected chi connectivity index (χ1v) is 7.66. The Labute approximate surface area is 120 Å². The van der Waals surface area contributed by atoms with Gasteiger partial charge < -0.3 is 10.6 Å². The van der Waals surface area contributed by atoms with E-state index in [9.17, 15) is 0 Å². The number of nitrogens with zero attached hydrogens (tertiary/aromatic N) is 1. The van der Waals surface area contributed by atoms with Gasteiger partial charge in [0.15, 0.2) is 0 Å². The highest BCUT2D eigenvalue weighted by Gasteiger charge is 2.09. The second-order valence-corrected chi connectivity index (χ2v) is 5.75. The molecular weight excluding hydrogens is 288 g/mol. The van der Waals surface area contributed by atoms with Gasteiger partial charge in [0, 0.05) is 23.6 Å². The Morgan fingerprint density at radius 2 is 2.06 bits per heavy atom. The maximum Gasteiger partial charge on any atom is 0.0510 e. The van der Waals surface area contributed by atoms with Crippen molar-refractivity contribution in [3.63, 3.8) is 0 Å². The summed E-state index contributed by atoms with van der Waals surface area (Å²) in [4.78, 5) is 2.42. The van der Waals surface area contributed by atoms with Crippen LogP contribution < -0.4 is 10.6 Å². The van der Waals surface area contributed by atoms with Crippen LogP contribution >= 0.6 is 15.9 Å². The van der Waals surface area contributed by atoms with Crippen molar-refractivity contribution in [3.8, 4) is 0 Å². The van der Waals surface area contributed by atoms with Gasteiger partial charge in [-0.2, -0.15) is 0 Å². The van der Waals surface area contributed by atoms with Crippen molar-refractivity contribution >= 4 is 21.6 Å². The van der Waals surface area contributed by atoms with Crippen LogP contribution in [0.1, 0.15) is 39.2 Å². The molecule has 0 aliphatic carbocycles. The van der Waals surface area contributed by atoms with Gasteiger partial charge in [0.25, 0.3) is 0 Å². The molecule has 1 aromatic carbocycles.